The van der Waals surface area contributed by atoms with Gasteiger partial charge in [-0.25, -0.2) is 12.8 Å². The molecule has 0 spiro atoms. The van der Waals surface area contributed by atoms with Crippen LogP contribution in [0.15, 0.2) is 23.1 Å². The smallest absolute Gasteiger partial charge is 0.124 e. The largest absolute Gasteiger partial charge is 0.744 e. The van der Waals surface area contributed by atoms with Crippen LogP contribution in [0.3, 0.4) is 0 Å². The molecule has 0 atom stereocenters. The Labute approximate surface area is 86.3 Å². The summed E-state index contributed by atoms with van der Waals surface area (Å²) in [6.07, 6.45) is 0.149. The molecule has 0 aromatic heterocycles. The van der Waals surface area contributed by atoms with Gasteiger partial charge in [0.15, 0.2) is 0 Å². The summed E-state index contributed by atoms with van der Waals surface area (Å²) >= 11 is 5.39. The van der Waals surface area contributed by atoms with E-state index in [4.69, 9.17) is 11.6 Å². The molecule has 0 bridgehead atoms. The molecule has 6 heteroatoms. The van der Waals surface area contributed by atoms with Crippen molar-refractivity contribution in [3.63, 3.8) is 0 Å². The van der Waals surface area contributed by atoms with E-state index in [-0.39, 0.29) is 17.9 Å². The van der Waals surface area contributed by atoms with Gasteiger partial charge in [-0.2, -0.15) is 0 Å². The summed E-state index contributed by atoms with van der Waals surface area (Å²) < 4.78 is 44.9. The highest BCUT2D eigenvalue weighted by Crippen LogP contribution is 2.17. The molecule has 14 heavy (non-hydrogen) atoms. The summed E-state index contributed by atoms with van der Waals surface area (Å²) in [6, 6.07) is 2.90. The van der Waals surface area contributed by atoms with Crippen molar-refractivity contribution in [2.75, 3.05) is 5.88 Å². The van der Waals surface area contributed by atoms with E-state index >= 15 is 0 Å². The lowest BCUT2D eigenvalue weighted by atomic mass is 10.2. The fourth-order valence-corrected chi connectivity index (χ4v) is 2.01. The minimum absolute atomic E-state index is 0.120. The maximum Gasteiger partial charge on any atom is 0.124 e. The van der Waals surface area contributed by atoms with Crippen molar-refractivity contribution in [2.24, 2.45) is 0 Å². The Bertz CT molecular complexity index is 430. The molecule has 0 fully saturated rings. The van der Waals surface area contributed by atoms with Gasteiger partial charge in [0.2, 0.25) is 0 Å². The second kappa shape index (κ2) is 4.25. The van der Waals surface area contributed by atoms with Gasteiger partial charge in [0.05, 0.1) is 4.90 Å². The van der Waals surface area contributed by atoms with E-state index in [9.17, 15) is 17.4 Å². The van der Waals surface area contributed by atoms with Crippen LogP contribution in [0.5, 0.6) is 0 Å². The number of rotatable bonds is 3. The van der Waals surface area contributed by atoms with Gasteiger partial charge in [-0.05, 0) is 30.2 Å². The summed E-state index contributed by atoms with van der Waals surface area (Å²) in [6.45, 7) is 0. The first-order valence-corrected chi connectivity index (χ1v) is 5.69. The minimum atomic E-state index is -4.55. The molecule has 1 aromatic rings. The molecule has 0 aliphatic rings. The zero-order valence-electron chi connectivity index (χ0n) is 7.04. The first kappa shape index (κ1) is 11.4. The second-order valence-electron chi connectivity index (χ2n) is 2.65. The van der Waals surface area contributed by atoms with E-state index < -0.39 is 20.8 Å². The summed E-state index contributed by atoms with van der Waals surface area (Å²) in [4.78, 5) is -0.403. The fraction of sp³-hybridized carbons (Fsp3) is 0.250. The average molecular weight is 238 g/mol. The topological polar surface area (TPSA) is 57.2 Å². The van der Waals surface area contributed by atoms with Crippen LogP contribution in [0.25, 0.3) is 0 Å². The lowest BCUT2D eigenvalue weighted by molar-refractivity contribution is 0.462. The van der Waals surface area contributed by atoms with Gasteiger partial charge in [-0.15, -0.1) is 11.6 Å². The zero-order valence-corrected chi connectivity index (χ0v) is 8.61. The lowest BCUT2D eigenvalue weighted by Gasteiger charge is -2.11. The van der Waals surface area contributed by atoms with E-state index in [0.29, 0.717) is 0 Å². The molecule has 0 aliphatic heterocycles. The molecule has 0 unspecified atom stereocenters. The van der Waals surface area contributed by atoms with E-state index in [2.05, 4.69) is 0 Å². The number of hydrogen-bond acceptors (Lipinski definition) is 3. The zero-order chi connectivity index (χ0) is 10.8. The van der Waals surface area contributed by atoms with Crippen LogP contribution >= 0.6 is 11.6 Å². The maximum absolute atomic E-state index is 12.7. The normalized spacial score (nSPS) is 11.6. The van der Waals surface area contributed by atoms with Crippen molar-refractivity contribution >= 4 is 21.7 Å². The van der Waals surface area contributed by atoms with E-state index in [1.807, 2.05) is 0 Å². The molecular formula is C8H7ClFO3S-. The monoisotopic (exact) mass is 237 g/mol. The molecule has 0 aliphatic carbocycles. The lowest BCUT2D eigenvalue weighted by Crippen LogP contribution is -2.04. The Hall–Kier alpha value is -0.650. The van der Waals surface area contributed by atoms with Crippen LogP contribution in [-0.4, -0.2) is 18.9 Å². The van der Waals surface area contributed by atoms with Crippen LogP contribution in [0.2, 0.25) is 0 Å². The number of benzene rings is 1. The van der Waals surface area contributed by atoms with Gasteiger partial charge in [-0.1, -0.05) is 0 Å². The van der Waals surface area contributed by atoms with Crippen molar-refractivity contribution in [3.8, 4) is 0 Å². The minimum Gasteiger partial charge on any atom is -0.744 e. The predicted molar refractivity (Wildman–Crippen MR) is 48.8 cm³/mol. The molecular weight excluding hydrogens is 231 g/mol. The molecule has 0 heterocycles. The Morgan fingerprint density at radius 1 is 1.43 bits per heavy atom. The van der Waals surface area contributed by atoms with Crippen molar-refractivity contribution in [3.05, 3.63) is 29.6 Å². The quantitative estimate of drug-likeness (QED) is 0.592. The van der Waals surface area contributed by atoms with Gasteiger partial charge in [0.25, 0.3) is 0 Å². The van der Waals surface area contributed by atoms with Crippen molar-refractivity contribution in [2.45, 2.75) is 11.3 Å². The van der Waals surface area contributed by atoms with Gasteiger partial charge in [-0.3, -0.25) is 0 Å². The molecule has 78 valence electrons. The summed E-state index contributed by atoms with van der Waals surface area (Å²) in [5.74, 6) is -0.455. The van der Waals surface area contributed by atoms with Gasteiger partial charge in [0.1, 0.15) is 15.9 Å². The standard InChI is InChI=1S/C8H8ClFO3S/c9-4-3-6-5-7(10)1-2-8(6)14(11,12)13/h1-2,5H,3-4H2,(H,11,12,13)/p-1. The second-order valence-corrected chi connectivity index (χ2v) is 4.37. The van der Waals surface area contributed by atoms with Crippen molar-refractivity contribution < 1.29 is 17.4 Å². The Balaban J connectivity index is 3.29. The third kappa shape index (κ3) is 2.67. The third-order valence-corrected chi connectivity index (χ3v) is 2.78. The fourth-order valence-electron chi connectivity index (χ4n) is 1.09. The van der Waals surface area contributed by atoms with Crippen LogP contribution in [0.1, 0.15) is 5.56 Å². The summed E-state index contributed by atoms with van der Waals surface area (Å²) in [5, 5.41) is 0. The van der Waals surface area contributed by atoms with E-state index in [0.717, 1.165) is 18.2 Å². The molecule has 1 aromatic carbocycles. The first-order valence-electron chi connectivity index (χ1n) is 3.75. The molecule has 3 nitrogen and oxygen atoms in total. The average Bonchev–Trinajstić information content (AvgIpc) is 2.02. The van der Waals surface area contributed by atoms with E-state index in [1.165, 1.54) is 0 Å². The number of hydrogen-bond donors (Lipinski definition) is 0. The third-order valence-electron chi connectivity index (χ3n) is 1.66. The maximum atomic E-state index is 12.7. The molecule has 0 saturated carbocycles. The van der Waals surface area contributed by atoms with E-state index in [1.54, 1.807) is 0 Å². The van der Waals surface area contributed by atoms with Crippen LogP contribution < -0.4 is 0 Å². The summed E-state index contributed by atoms with van der Waals surface area (Å²) in [5.41, 5.74) is 0.120. The van der Waals surface area contributed by atoms with Gasteiger partial charge in [0, 0.05) is 5.88 Å². The number of halogens is 2. The summed E-state index contributed by atoms with van der Waals surface area (Å²) in [7, 11) is -4.55. The first-order chi connectivity index (χ1) is 6.45. The van der Waals surface area contributed by atoms with Crippen LogP contribution in [-0.2, 0) is 16.5 Å². The highest BCUT2D eigenvalue weighted by atomic mass is 35.5. The molecule has 0 N–H and O–H groups in total. The highest BCUT2D eigenvalue weighted by Gasteiger charge is 2.09. The number of aryl methyl sites for hydroxylation is 1. The van der Waals surface area contributed by atoms with Gasteiger partial charge < -0.3 is 4.55 Å². The molecule has 0 radical (unpaired) electrons. The van der Waals surface area contributed by atoms with Crippen LogP contribution in [0.4, 0.5) is 4.39 Å². The number of alkyl halides is 1. The Morgan fingerprint density at radius 3 is 2.57 bits per heavy atom. The molecule has 1 rings (SSSR count). The van der Waals surface area contributed by atoms with Crippen LogP contribution in [0, 0.1) is 5.82 Å². The Kier molecular flexibility index (Phi) is 3.47. The van der Waals surface area contributed by atoms with Crippen molar-refractivity contribution in [1.82, 2.24) is 0 Å². The molecule has 0 amide bonds. The predicted octanol–water partition coefficient (Wildman–Crippen LogP) is 1.51. The Morgan fingerprint density at radius 2 is 2.07 bits per heavy atom. The molecule has 0 saturated heterocycles. The van der Waals surface area contributed by atoms with Crippen molar-refractivity contribution in [1.29, 1.82) is 0 Å². The van der Waals surface area contributed by atoms with Gasteiger partial charge >= 0.3 is 0 Å². The highest BCUT2D eigenvalue weighted by molar-refractivity contribution is 7.85. The SMILES string of the molecule is O=S(=O)([O-])c1ccc(F)cc1CCCl.